The van der Waals surface area contributed by atoms with Crippen molar-refractivity contribution < 1.29 is 9.26 Å². The normalized spacial score (nSPS) is 18.2. The minimum Gasteiger partial charge on any atom is -0.373 e. The van der Waals surface area contributed by atoms with E-state index in [0.29, 0.717) is 11.7 Å². The first-order valence-electron chi connectivity index (χ1n) is 6.86. The molecule has 21 heavy (non-hydrogen) atoms. The van der Waals surface area contributed by atoms with E-state index in [0.717, 1.165) is 29.9 Å². The summed E-state index contributed by atoms with van der Waals surface area (Å²) >= 11 is 1.66. The molecule has 1 saturated heterocycles. The summed E-state index contributed by atoms with van der Waals surface area (Å²) in [4.78, 5) is 10.6. The van der Waals surface area contributed by atoms with Gasteiger partial charge < -0.3 is 9.26 Å². The molecule has 1 aliphatic rings. The molecule has 1 atom stereocenters. The lowest BCUT2D eigenvalue weighted by Crippen LogP contribution is -1.90. The van der Waals surface area contributed by atoms with Gasteiger partial charge in [0.15, 0.2) is 0 Å². The fraction of sp³-hybridized carbons (Fsp3) is 0.267. The van der Waals surface area contributed by atoms with Crippen LogP contribution in [0.1, 0.15) is 23.8 Å². The van der Waals surface area contributed by atoms with E-state index in [1.807, 2.05) is 18.2 Å². The maximum atomic E-state index is 5.70. The van der Waals surface area contributed by atoms with Gasteiger partial charge in [-0.1, -0.05) is 5.16 Å². The molecule has 106 valence electrons. The largest absolute Gasteiger partial charge is 0.373 e. The van der Waals surface area contributed by atoms with Crippen LogP contribution in [0.15, 0.2) is 41.2 Å². The molecule has 3 aromatic rings. The highest BCUT2D eigenvalue weighted by Gasteiger charge is 2.21. The zero-order valence-electron chi connectivity index (χ0n) is 11.2. The van der Waals surface area contributed by atoms with Crippen molar-refractivity contribution in [1.82, 2.24) is 15.1 Å². The summed E-state index contributed by atoms with van der Waals surface area (Å²) in [6.45, 7) is 0.852. The van der Waals surface area contributed by atoms with Crippen molar-refractivity contribution in [3.05, 3.63) is 41.5 Å². The molecule has 0 radical (unpaired) electrons. The van der Waals surface area contributed by atoms with Gasteiger partial charge in [0.2, 0.25) is 5.82 Å². The lowest BCUT2D eigenvalue weighted by atomic mass is 10.2. The number of rotatable bonds is 3. The molecular weight excluding hydrogens is 286 g/mol. The highest BCUT2D eigenvalue weighted by atomic mass is 32.1. The molecule has 0 spiro atoms. The predicted molar refractivity (Wildman–Crippen MR) is 78.8 cm³/mol. The minimum atomic E-state index is 0.228. The third kappa shape index (κ3) is 2.48. The monoisotopic (exact) mass is 299 g/mol. The van der Waals surface area contributed by atoms with Crippen LogP contribution in [0.3, 0.4) is 0 Å². The summed E-state index contributed by atoms with van der Waals surface area (Å²) in [5.74, 6) is 1.13. The molecule has 3 aromatic heterocycles. The van der Waals surface area contributed by atoms with E-state index in [1.165, 1.54) is 4.88 Å². The van der Waals surface area contributed by atoms with Crippen LogP contribution < -0.4 is 0 Å². The predicted octanol–water partition coefficient (Wildman–Crippen LogP) is 3.71. The van der Waals surface area contributed by atoms with Crippen LogP contribution in [-0.4, -0.2) is 21.7 Å². The second kappa shape index (κ2) is 5.38. The molecule has 5 nitrogen and oxygen atoms in total. The molecule has 0 unspecified atom stereocenters. The Morgan fingerprint density at radius 2 is 2.05 bits per heavy atom. The van der Waals surface area contributed by atoms with Crippen molar-refractivity contribution >= 4 is 11.3 Å². The van der Waals surface area contributed by atoms with Gasteiger partial charge in [-0.05, 0) is 37.1 Å². The van der Waals surface area contributed by atoms with Gasteiger partial charge >= 0.3 is 0 Å². The van der Waals surface area contributed by atoms with Crippen LogP contribution >= 0.6 is 11.3 Å². The first kappa shape index (κ1) is 12.7. The Morgan fingerprint density at radius 3 is 2.86 bits per heavy atom. The fourth-order valence-electron chi connectivity index (χ4n) is 2.38. The lowest BCUT2D eigenvalue weighted by Gasteiger charge is -2.04. The van der Waals surface area contributed by atoms with Gasteiger partial charge in [0.05, 0.1) is 11.0 Å². The van der Waals surface area contributed by atoms with Crippen LogP contribution in [0.2, 0.25) is 0 Å². The number of pyridine rings is 1. The molecule has 0 amide bonds. The van der Waals surface area contributed by atoms with Crippen molar-refractivity contribution in [2.75, 3.05) is 6.61 Å². The first-order valence-corrected chi connectivity index (χ1v) is 7.67. The summed E-state index contributed by atoms with van der Waals surface area (Å²) < 4.78 is 11.1. The Kier molecular flexibility index (Phi) is 3.25. The molecule has 0 aromatic carbocycles. The maximum absolute atomic E-state index is 5.70. The fourth-order valence-corrected chi connectivity index (χ4v) is 3.40. The van der Waals surface area contributed by atoms with Crippen molar-refractivity contribution in [2.24, 2.45) is 0 Å². The summed E-state index contributed by atoms with van der Waals surface area (Å²) in [5.41, 5.74) is 0.899. The van der Waals surface area contributed by atoms with Gasteiger partial charge in [-0.15, -0.1) is 11.3 Å². The number of hydrogen-bond acceptors (Lipinski definition) is 6. The molecule has 6 heteroatoms. The Hall–Kier alpha value is -2.05. The second-order valence-corrected chi connectivity index (χ2v) is 5.98. The summed E-state index contributed by atoms with van der Waals surface area (Å²) in [6.07, 6.45) is 5.88. The molecule has 0 bridgehead atoms. The Labute approximate surface area is 125 Å². The van der Waals surface area contributed by atoms with E-state index in [9.17, 15) is 0 Å². The Bertz CT molecular complexity index is 732. The van der Waals surface area contributed by atoms with E-state index in [2.05, 4.69) is 21.2 Å². The van der Waals surface area contributed by atoms with Crippen LogP contribution in [0.5, 0.6) is 0 Å². The molecule has 4 rings (SSSR count). The maximum Gasteiger partial charge on any atom is 0.268 e. The van der Waals surface area contributed by atoms with E-state index in [-0.39, 0.29) is 6.10 Å². The van der Waals surface area contributed by atoms with Crippen LogP contribution in [0.25, 0.3) is 22.2 Å². The van der Waals surface area contributed by atoms with Gasteiger partial charge in [0, 0.05) is 29.4 Å². The standard InChI is InChI=1S/C15H13N3O2S/c1-2-11(19-9-1)12-3-4-13(21-12)15-17-14(18-20-15)10-5-7-16-8-6-10/h3-8,11H,1-2,9H2/t11-/m1/s1. The number of aromatic nitrogens is 3. The smallest absolute Gasteiger partial charge is 0.268 e. The number of hydrogen-bond donors (Lipinski definition) is 0. The molecule has 0 N–H and O–H groups in total. The van der Waals surface area contributed by atoms with Crippen molar-refractivity contribution in [2.45, 2.75) is 18.9 Å². The lowest BCUT2D eigenvalue weighted by molar-refractivity contribution is 0.114. The molecular formula is C15H13N3O2S. The van der Waals surface area contributed by atoms with Gasteiger partial charge in [-0.3, -0.25) is 4.98 Å². The third-order valence-electron chi connectivity index (χ3n) is 3.45. The van der Waals surface area contributed by atoms with Crippen LogP contribution in [0.4, 0.5) is 0 Å². The zero-order valence-corrected chi connectivity index (χ0v) is 12.0. The van der Waals surface area contributed by atoms with Gasteiger partial charge in [-0.2, -0.15) is 4.98 Å². The summed E-state index contributed by atoms with van der Waals surface area (Å²) in [6, 6.07) is 7.83. The van der Waals surface area contributed by atoms with Gasteiger partial charge in [0.1, 0.15) is 0 Å². The molecule has 0 saturated carbocycles. The average Bonchev–Trinajstić information content (AvgIpc) is 3.27. The van der Waals surface area contributed by atoms with Crippen LogP contribution in [-0.2, 0) is 4.74 Å². The van der Waals surface area contributed by atoms with Crippen LogP contribution in [0, 0.1) is 0 Å². The first-order chi connectivity index (χ1) is 10.4. The Morgan fingerprint density at radius 1 is 1.14 bits per heavy atom. The number of thiophene rings is 1. The van der Waals surface area contributed by atoms with E-state index < -0.39 is 0 Å². The summed E-state index contributed by atoms with van der Waals surface area (Å²) in [7, 11) is 0. The van der Waals surface area contributed by atoms with E-state index in [1.54, 1.807) is 23.7 Å². The highest BCUT2D eigenvalue weighted by Crippen LogP contribution is 2.36. The number of ether oxygens (including phenoxy) is 1. The SMILES string of the molecule is c1cc(-c2noc(-c3ccc([C@H]4CCCO4)s3)n2)ccn1. The Balaban J connectivity index is 1.61. The minimum absolute atomic E-state index is 0.228. The highest BCUT2D eigenvalue weighted by molar-refractivity contribution is 7.15. The van der Waals surface area contributed by atoms with Gasteiger partial charge in [0.25, 0.3) is 5.89 Å². The van der Waals surface area contributed by atoms with Crippen molar-refractivity contribution in [3.8, 4) is 22.2 Å². The van der Waals surface area contributed by atoms with E-state index >= 15 is 0 Å². The second-order valence-electron chi connectivity index (χ2n) is 4.86. The molecule has 1 fully saturated rings. The number of nitrogens with zero attached hydrogens (tertiary/aromatic N) is 3. The average molecular weight is 299 g/mol. The third-order valence-corrected chi connectivity index (χ3v) is 4.61. The molecule has 1 aliphatic heterocycles. The van der Waals surface area contributed by atoms with Crippen molar-refractivity contribution in [3.63, 3.8) is 0 Å². The molecule has 4 heterocycles. The topological polar surface area (TPSA) is 61.0 Å². The zero-order chi connectivity index (χ0) is 14.1. The quantitative estimate of drug-likeness (QED) is 0.737. The molecule has 0 aliphatic carbocycles. The van der Waals surface area contributed by atoms with E-state index in [4.69, 9.17) is 9.26 Å². The van der Waals surface area contributed by atoms with Crippen molar-refractivity contribution in [1.29, 1.82) is 0 Å². The summed E-state index contributed by atoms with van der Waals surface area (Å²) in [5, 5.41) is 4.03. The van der Waals surface area contributed by atoms with Gasteiger partial charge in [-0.25, -0.2) is 0 Å².